The molecule has 4 heteroatoms. The van der Waals surface area contributed by atoms with Crippen molar-refractivity contribution >= 4 is 23.2 Å². The van der Waals surface area contributed by atoms with Crippen LogP contribution < -0.4 is 5.32 Å². The molecule has 0 aliphatic carbocycles. The lowest BCUT2D eigenvalue weighted by Crippen LogP contribution is -2.37. The Morgan fingerprint density at radius 2 is 1.79 bits per heavy atom. The molecule has 2 aromatic carbocycles. The van der Waals surface area contributed by atoms with Gasteiger partial charge in [-0.25, -0.2) is 0 Å². The summed E-state index contributed by atoms with van der Waals surface area (Å²) in [6.07, 6.45) is 1.82. The van der Waals surface area contributed by atoms with Crippen LogP contribution in [0, 0.1) is 12.8 Å². The van der Waals surface area contributed by atoms with Crippen LogP contribution in [0.4, 0.5) is 5.69 Å². The second-order valence-corrected chi connectivity index (χ2v) is 6.92. The number of hydrogen-bond donors (Lipinski definition) is 1. The number of amides is 1. The molecule has 0 radical (unpaired) electrons. The van der Waals surface area contributed by atoms with Gasteiger partial charge in [-0.2, -0.15) is 0 Å². The van der Waals surface area contributed by atoms with Gasteiger partial charge in [0, 0.05) is 23.2 Å². The maximum Gasteiger partial charge on any atom is 0.227 e. The molecule has 1 amide bonds. The van der Waals surface area contributed by atoms with Crippen LogP contribution >= 0.6 is 11.6 Å². The van der Waals surface area contributed by atoms with Gasteiger partial charge in [0.05, 0.1) is 0 Å². The van der Waals surface area contributed by atoms with Gasteiger partial charge in [-0.05, 0) is 62.2 Å². The SMILES string of the molecule is Cc1ccccc1NC(=O)C1CCN(Cc2ccc(Cl)cc2)CC1. The molecule has 1 saturated heterocycles. The molecule has 1 fully saturated rings. The minimum absolute atomic E-state index is 0.103. The van der Waals surface area contributed by atoms with Crippen molar-refractivity contribution in [3.63, 3.8) is 0 Å². The Bertz CT molecular complexity index is 691. The van der Waals surface area contributed by atoms with Crippen LogP contribution in [0.25, 0.3) is 0 Å². The van der Waals surface area contributed by atoms with E-state index >= 15 is 0 Å². The maximum absolute atomic E-state index is 12.5. The molecule has 0 atom stereocenters. The van der Waals surface area contributed by atoms with Crippen molar-refractivity contribution in [2.24, 2.45) is 5.92 Å². The summed E-state index contributed by atoms with van der Waals surface area (Å²) in [5, 5.41) is 3.85. The van der Waals surface area contributed by atoms with E-state index in [4.69, 9.17) is 11.6 Å². The Hall–Kier alpha value is -1.84. The lowest BCUT2D eigenvalue weighted by Gasteiger charge is -2.31. The number of carbonyl (C=O) groups is 1. The number of hydrogen-bond acceptors (Lipinski definition) is 2. The first-order valence-electron chi connectivity index (χ1n) is 8.45. The molecule has 2 aromatic rings. The van der Waals surface area contributed by atoms with Gasteiger partial charge >= 0.3 is 0 Å². The predicted molar refractivity (Wildman–Crippen MR) is 99.3 cm³/mol. The van der Waals surface area contributed by atoms with E-state index in [1.807, 2.05) is 43.3 Å². The molecule has 126 valence electrons. The van der Waals surface area contributed by atoms with Crippen LogP contribution in [0.5, 0.6) is 0 Å². The number of piperidine rings is 1. The summed E-state index contributed by atoms with van der Waals surface area (Å²) in [4.78, 5) is 14.9. The van der Waals surface area contributed by atoms with Crippen molar-refractivity contribution in [3.8, 4) is 0 Å². The summed E-state index contributed by atoms with van der Waals surface area (Å²) >= 11 is 5.93. The molecule has 24 heavy (non-hydrogen) atoms. The normalized spacial score (nSPS) is 16.1. The van der Waals surface area contributed by atoms with Crippen molar-refractivity contribution < 1.29 is 4.79 Å². The van der Waals surface area contributed by atoms with E-state index in [9.17, 15) is 4.79 Å². The lowest BCUT2D eigenvalue weighted by atomic mass is 9.95. The Labute approximate surface area is 148 Å². The molecule has 0 bridgehead atoms. The molecule has 1 N–H and O–H groups in total. The van der Waals surface area contributed by atoms with E-state index < -0.39 is 0 Å². The highest BCUT2D eigenvalue weighted by Crippen LogP contribution is 2.22. The fourth-order valence-electron chi connectivity index (χ4n) is 3.15. The average molecular weight is 343 g/mol. The third-order valence-corrected chi connectivity index (χ3v) is 4.93. The van der Waals surface area contributed by atoms with E-state index in [1.165, 1.54) is 5.56 Å². The first-order valence-corrected chi connectivity index (χ1v) is 8.83. The first-order chi connectivity index (χ1) is 11.6. The minimum Gasteiger partial charge on any atom is -0.326 e. The van der Waals surface area contributed by atoms with E-state index in [-0.39, 0.29) is 11.8 Å². The molecule has 0 saturated carbocycles. The number of carbonyl (C=O) groups excluding carboxylic acids is 1. The quantitative estimate of drug-likeness (QED) is 0.887. The van der Waals surface area contributed by atoms with Crippen molar-refractivity contribution in [1.82, 2.24) is 4.90 Å². The monoisotopic (exact) mass is 342 g/mol. The van der Waals surface area contributed by atoms with Gasteiger partial charge < -0.3 is 5.32 Å². The first kappa shape index (κ1) is 17.0. The highest BCUT2D eigenvalue weighted by atomic mass is 35.5. The number of anilines is 1. The molecule has 0 unspecified atom stereocenters. The molecule has 0 aromatic heterocycles. The second-order valence-electron chi connectivity index (χ2n) is 6.48. The third kappa shape index (κ3) is 4.37. The number of nitrogens with zero attached hydrogens (tertiary/aromatic N) is 1. The summed E-state index contributed by atoms with van der Waals surface area (Å²) in [6, 6.07) is 15.9. The number of para-hydroxylation sites is 1. The molecule has 1 heterocycles. The fourth-order valence-corrected chi connectivity index (χ4v) is 3.28. The summed E-state index contributed by atoms with van der Waals surface area (Å²) in [6.45, 7) is 4.84. The predicted octanol–water partition coefficient (Wildman–Crippen LogP) is 4.50. The number of likely N-dealkylation sites (tertiary alicyclic amines) is 1. The van der Waals surface area contributed by atoms with Crippen molar-refractivity contribution in [1.29, 1.82) is 0 Å². The number of nitrogens with one attached hydrogen (secondary N) is 1. The summed E-state index contributed by atoms with van der Waals surface area (Å²) < 4.78 is 0. The summed E-state index contributed by atoms with van der Waals surface area (Å²) in [5.41, 5.74) is 3.29. The Balaban J connectivity index is 1.50. The highest BCUT2D eigenvalue weighted by Gasteiger charge is 2.25. The lowest BCUT2D eigenvalue weighted by molar-refractivity contribution is -0.121. The average Bonchev–Trinajstić information content (AvgIpc) is 2.59. The topological polar surface area (TPSA) is 32.3 Å². The standard InChI is InChI=1S/C20H23ClN2O/c1-15-4-2-3-5-19(15)22-20(24)17-10-12-23(13-11-17)14-16-6-8-18(21)9-7-16/h2-9,17H,10-14H2,1H3,(H,22,24). The molecule has 0 spiro atoms. The number of halogens is 1. The number of aryl methyl sites for hydroxylation is 1. The minimum atomic E-state index is 0.103. The van der Waals surface area contributed by atoms with Crippen LogP contribution in [0.15, 0.2) is 48.5 Å². The summed E-state index contributed by atoms with van der Waals surface area (Å²) in [5.74, 6) is 0.251. The second kappa shape index (κ2) is 7.82. The Morgan fingerprint density at radius 3 is 2.46 bits per heavy atom. The van der Waals surface area contributed by atoms with Gasteiger partial charge in [0.1, 0.15) is 0 Å². The smallest absolute Gasteiger partial charge is 0.227 e. The molecular weight excluding hydrogens is 320 g/mol. The maximum atomic E-state index is 12.5. The Morgan fingerprint density at radius 1 is 1.12 bits per heavy atom. The zero-order valence-corrected chi connectivity index (χ0v) is 14.7. The zero-order valence-electron chi connectivity index (χ0n) is 14.0. The van der Waals surface area contributed by atoms with Crippen molar-refractivity contribution in [2.45, 2.75) is 26.3 Å². The number of rotatable bonds is 4. The van der Waals surface area contributed by atoms with Gasteiger partial charge in [-0.3, -0.25) is 9.69 Å². The van der Waals surface area contributed by atoms with Gasteiger partial charge in [0.15, 0.2) is 0 Å². The van der Waals surface area contributed by atoms with Crippen molar-refractivity contribution in [3.05, 3.63) is 64.7 Å². The molecule has 3 nitrogen and oxygen atoms in total. The van der Waals surface area contributed by atoms with E-state index in [0.29, 0.717) is 0 Å². The van der Waals surface area contributed by atoms with Crippen LogP contribution in [0.2, 0.25) is 5.02 Å². The molecule has 1 aliphatic heterocycles. The molecular formula is C20H23ClN2O. The van der Waals surface area contributed by atoms with E-state index in [1.54, 1.807) is 0 Å². The van der Waals surface area contributed by atoms with E-state index in [2.05, 4.69) is 22.3 Å². The van der Waals surface area contributed by atoms with Crippen LogP contribution in [-0.4, -0.2) is 23.9 Å². The van der Waals surface area contributed by atoms with Gasteiger partial charge in [-0.15, -0.1) is 0 Å². The van der Waals surface area contributed by atoms with Gasteiger partial charge in [0.25, 0.3) is 0 Å². The fraction of sp³-hybridized carbons (Fsp3) is 0.350. The van der Waals surface area contributed by atoms with Gasteiger partial charge in [-0.1, -0.05) is 41.9 Å². The number of benzene rings is 2. The van der Waals surface area contributed by atoms with Crippen LogP contribution in [-0.2, 0) is 11.3 Å². The summed E-state index contributed by atoms with van der Waals surface area (Å²) in [7, 11) is 0. The van der Waals surface area contributed by atoms with Crippen molar-refractivity contribution in [2.75, 3.05) is 18.4 Å². The third-order valence-electron chi connectivity index (χ3n) is 4.68. The molecule has 1 aliphatic rings. The highest BCUT2D eigenvalue weighted by molar-refractivity contribution is 6.30. The van der Waals surface area contributed by atoms with Crippen LogP contribution in [0.3, 0.4) is 0 Å². The largest absolute Gasteiger partial charge is 0.326 e. The zero-order chi connectivity index (χ0) is 16.9. The van der Waals surface area contributed by atoms with Gasteiger partial charge in [0.2, 0.25) is 5.91 Å². The van der Waals surface area contributed by atoms with Crippen LogP contribution in [0.1, 0.15) is 24.0 Å². The Kier molecular flexibility index (Phi) is 5.54. The molecule has 3 rings (SSSR count). The van der Waals surface area contributed by atoms with E-state index in [0.717, 1.165) is 48.7 Å².